The monoisotopic (exact) mass is 249 g/mol. The first kappa shape index (κ1) is 13.9. The molecular formula is C16H27NO. The molecule has 18 heavy (non-hydrogen) atoms. The van der Waals surface area contributed by atoms with Gasteiger partial charge in [-0.05, 0) is 19.3 Å². The summed E-state index contributed by atoms with van der Waals surface area (Å²) in [6.45, 7) is 10.9. The van der Waals surface area contributed by atoms with Crippen molar-refractivity contribution in [2.24, 2.45) is 11.3 Å². The average molecular weight is 249 g/mol. The Morgan fingerprint density at radius 1 is 1.33 bits per heavy atom. The molecule has 2 fully saturated rings. The van der Waals surface area contributed by atoms with Crippen molar-refractivity contribution in [1.29, 1.82) is 0 Å². The molecule has 0 bridgehead atoms. The van der Waals surface area contributed by atoms with E-state index in [1.54, 1.807) is 0 Å². The summed E-state index contributed by atoms with van der Waals surface area (Å²) in [4.78, 5) is 2.47. The molecule has 2 heteroatoms. The normalized spacial score (nSPS) is 22.4. The summed E-state index contributed by atoms with van der Waals surface area (Å²) in [7, 11) is 0. The van der Waals surface area contributed by atoms with Crippen molar-refractivity contribution in [2.45, 2.75) is 52.6 Å². The Labute approximate surface area is 112 Å². The third kappa shape index (κ3) is 3.49. The number of hydrogen-bond donors (Lipinski definition) is 0. The molecule has 0 radical (unpaired) electrons. The van der Waals surface area contributed by atoms with Crippen molar-refractivity contribution in [2.75, 3.05) is 26.2 Å². The molecule has 0 aromatic heterocycles. The van der Waals surface area contributed by atoms with E-state index >= 15 is 0 Å². The summed E-state index contributed by atoms with van der Waals surface area (Å²) in [5.41, 5.74) is 0.608. The van der Waals surface area contributed by atoms with E-state index in [0.717, 1.165) is 13.2 Å². The molecule has 1 saturated carbocycles. The van der Waals surface area contributed by atoms with Crippen LogP contribution in [-0.2, 0) is 4.74 Å². The maximum absolute atomic E-state index is 5.85. The lowest BCUT2D eigenvalue weighted by atomic mass is 9.62. The second-order valence-corrected chi connectivity index (χ2v) is 6.38. The first-order chi connectivity index (χ1) is 8.63. The van der Waals surface area contributed by atoms with E-state index in [1.165, 1.54) is 38.8 Å². The lowest BCUT2D eigenvalue weighted by Gasteiger charge is -2.58. The molecule has 1 aliphatic heterocycles. The largest absolute Gasteiger partial charge is 0.378 e. The summed E-state index contributed by atoms with van der Waals surface area (Å²) in [6, 6.07) is 0. The summed E-state index contributed by atoms with van der Waals surface area (Å²) in [5.74, 6) is 7.01. The van der Waals surface area contributed by atoms with Gasteiger partial charge in [0.1, 0.15) is 0 Å². The summed E-state index contributed by atoms with van der Waals surface area (Å²) in [6.07, 6.45) is 5.57. The third-order valence-corrected chi connectivity index (χ3v) is 3.98. The Morgan fingerprint density at radius 3 is 2.67 bits per heavy atom. The highest BCUT2D eigenvalue weighted by molar-refractivity contribution is 5.10. The van der Waals surface area contributed by atoms with E-state index in [0.29, 0.717) is 17.4 Å². The lowest BCUT2D eigenvalue weighted by Crippen LogP contribution is -2.63. The maximum atomic E-state index is 5.85. The van der Waals surface area contributed by atoms with Gasteiger partial charge in [-0.15, -0.1) is 0 Å². The molecule has 1 spiro atoms. The van der Waals surface area contributed by atoms with Crippen LogP contribution in [0.4, 0.5) is 0 Å². The van der Waals surface area contributed by atoms with E-state index < -0.39 is 0 Å². The molecule has 0 amide bonds. The zero-order valence-electron chi connectivity index (χ0n) is 12.2. The van der Waals surface area contributed by atoms with Crippen molar-refractivity contribution in [3.8, 4) is 11.8 Å². The molecule has 0 unspecified atom stereocenters. The molecule has 1 heterocycles. The Balaban J connectivity index is 1.56. The van der Waals surface area contributed by atoms with Crippen LogP contribution in [0.1, 0.15) is 46.5 Å². The van der Waals surface area contributed by atoms with Crippen LogP contribution in [0, 0.1) is 23.2 Å². The highest BCUT2D eigenvalue weighted by Crippen LogP contribution is 2.49. The maximum Gasteiger partial charge on any atom is 0.0602 e. The van der Waals surface area contributed by atoms with Crippen LogP contribution in [-0.4, -0.2) is 37.2 Å². The zero-order chi connectivity index (χ0) is 13.0. The molecule has 2 rings (SSSR count). The number of ether oxygens (including phenoxy) is 1. The van der Waals surface area contributed by atoms with Crippen LogP contribution in [0.5, 0.6) is 0 Å². The van der Waals surface area contributed by atoms with Gasteiger partial charge in [-0.1, -0.05) is 39.0 Å². The van der Waals surface area contributed by atoms with Crippen molar-refractivity contribution >= 4 is 0 Å². The van der Waals surface area contributed by atoms with Gasteiger partial charge in [0.2, 0.25) is 0 Å². The van der Waals surface area contributed by atoms with Gasteiger partial charge in [-0.25, -0.2) is 0 Å². The van der Waals surface area contributed by atoms with E-state index in [2.05, 4.69) is 37.5 Å². The summed E-state index contributed by atoms with van der Waals surface area (Å²) in [5, 5.41) is 0. The first-order valence-electron chi connectivity index (χ1n) is 7.46. The van der Waals surface area contributed by atoms with E-state index in [-0.39, 0.29) is 0 Å². The molecule has 0 N–H and O–H groups in total. The predicted molar refractivity (Wildman–Crippen MR) is 75.4 cm³/mol. The summed E-state index contributed by atoms with van der Waals surface area (Å²) >= 11 is 0. The smallest absolute Gasteiger partial charge is 0.0602 e. The Kier molecular flexibility index (Phi) is 4.70. The second kappa shape index (κ2) is 6.08. The molecule has 0 atom stereocenters. The fourth-order valence-electron chi connectivity index (χ4n) is 3.05. The Bertz CT molecular complexity index is 312. The van der Waals surface area contributed by atoms with Crippen LogP contribution in [0.2, 0.25) is 0 Å². The first-order valence-corrected chi connectivity index (χ1v) is 7.46. The topological polar surface area (TPSA) is 12.5 Å². The van der Waals surface area contributed by atoms with Crippen molar-refractivity contribution in [3.05, 3.63) is 0 Å². The lowest BCUT2D eigenvalue weighted by molar-refractivity contribution is -0.147. The van der Waals surface area contributed by atoms with Gasteiger partial charge in [0.05, 0.1) is 12.6 Å². The van der Waals surface area contributed by atoms with E-state index in [4.69, 9.17) is 4.74 Å². The third-order valence-electron chi connectivity index (χ3n) is 3.98. The number of nitrogens with zero attached hydrogens (tertiary/aromatic N) is 1. The van der Waals surface area contributed by atoms with Crippen molar-refractivity contribution < 1.29 is 4.74 Å². The SMILES string of the molecule is CCCCOC1CC2(C1)CN(CC#CC(C)C)C2. The highest BCUT2D eigenvalue weighted by atomic mass is 16.5. The van der Waals surface area contributed by atoms with Crippen LogP contribution in [0.25, 0.3) is 0 Å². The van der Waals surface area contributed by atoms with Gasteiger partial charge in [0.25, 0.3) is 0 Å². The van der Waals surface area contributed by atoms with Gasteiger partial charge < -0.3 is 4.74 Å². The van der Waals surface area contributed by atoms with Crippen molar-refractivity contribution in [1.82, 2.24) is 4.90 Å². The Hall–Kier alpha value is -0.520. The van der Waals surface area contributed by atoms with Gasteiger partial charge in [0, 0.05) is 31.0 Å². The minimum absolute atomic E-state index is 0.500. The summed E-state index contributed by atoms with van der Waals surface area (Å²) < 4.78 is 5.85. The number of hydrogen-bond acceptors (Lipinski definition) is 2. The quantitative estimate of drug-likeness (QED) is 0.549. The molecule has 2 nitrogen and oxygen atoms in total. The molecule has 2 aliphatic rings. The number of rotatable bonds is 5. The van der Waals surface area contributed by atoms with Crippen LogP contribution in [0.15, 0.2) is 0 Å². The van der Waals surface area contributed by atoms with Crippen LogP contribution < -0.4 is 0 Å². The molecule has 0 aromatic rings. The van der Waals surface area contributed by atoms with E-state index in [1.807, 2.05) is 0 Å². The van der Waals surface area contributed by atoms with Crippen LogP contribution in [0.3, 0.4) is 0 Å². The minimum Gasteiger partial charge on any atom is -0.378 e. The molecule has 1 saturated heterocycles. The van der Waals surface area contributed by atoms with Crippen LogP contribution >= 0.6 is 0 Å². The van der Waals surface area contributed by atoms with Gasteiger partial charge in [-0.2, -0.15) is 0 Å². The molecule has 102 valence electrons. The molecular weight excluding hydrogens is 222 g/mol. The average Bonchev–Trinajstić information content (AvgIpc) is 2.21. The molecule has 1 aliphatic carbocycles. The Morgan fingerprint density at radius 2 is 2.06 bits per heavy atom. The fourth-order valence-corrected chi connectivity index (χ4v) is 3.05. The van der Waals surface area contributed by atoms with Gasteiger partial charge >= 0.3 is 0 Å². The minimum atomic E-state index is 0.500. The van der Waals surface area contributed by atoms with E-state index in [9.17, 15) is 0 Å². The van der Waals surface area contributed by atoms with Gasteiger partial charge in [0.15, 0.2) is 0 Å². The van der Waals surface area contributed by atoms with Crippen molar-refractivity contribution in [3.63, 3.8) is 0 Å². The molecule has 0 aromatic carbocycles. The number of unbranched alkanes of at least 4 members (excludes halogenated alkanes) is 1. The zero-order valence-corrected chi connectivity index (χ0v) is 12.2. The highest BCUT2D eigenvalue weighted by Gasteiger charge is 2.52. The standard InChI is InChI=1S/C16H27NO/c1-4-5-9-18-15-10-16(11-15)12-17(13-16)8-6-7-14(2)3/h14-15H,4-5,8-13H2,1-3H3. The fraction of sp³-hybridized carbons (Fsp3) is 0.875. The number of likely N-dealkylation sites (tertiary alicyclic amines) is 1. The predicted octanol–water partition coefficient (Wildman–Crippen LogP) is 2.93. The van der Waals surface area contributed by atoms with Gasteiger partial charge in [-0.3, -0.25) is 4.90 Å². The second-order valence-electron chi connectivity index (χ2n) is 6.38.